The molecule has 1 amide bonds. The number of hydrogen-bond acceptors (Lipinski definition) is 4. The quantitative estimate of drug-likeness (QED) is 0.787. The van der Waals surface area contributed by atoms with E-state index in [0.717, 1.165) is 62.6 Å². The summed E-state index contributed by atoms with van der Waals surface area (Å²) >= 11 is 6.29. The SMILES string of the molecule is CC(=O)N1CCCN(c2nc(C3CC3)nc(Cl)c2C)CC1. The summed E-state index contributed by atoms with van der Waals surface area (Å²) in [6, 6.07) is 0. The Balaban J connectivity index is 1.84. The molecule has 3 rings (SSSR count). The summed E-state index contributed by atoms with van der Waals surface area (Å²) in [7, 11) is 0. The van der Waals surface area contributed by atoms with Gasteiger partial charge in [-0.15, -0.1) is 0 Å². The summed E-state index contributed by atoms with van der Waals surface area (Å²) in [6.45, 7) is 6.88. The van der Waals surface area contributed by atoms with Crippen LogP contribution in [0.3, 0.4) is 0 Å². The third-order valence-electron chi connectivity index (χ3n) is 4.26. The molecule has 0 spiro atoms. The lowest BCUT2D eigenvalue weighted by Gasteiger charge is -2.24. The zero-order chi connectivity index (χ0) is 15.0. The second-order valence-electron chi connectivity index (χ2n) is 5.94. The van der Waals surface area contributed by atoms with E-state index in [4.69, 9.17) is 16.6 Å². The third kappa shape index (κ3) is 3.12. The topological polar surface area (TPSA) is 49.3 Å². The maximum atomic E-state index is 11.5. The lowest BCUT2D eigenvalue weighted by atomic mass is 10.2. The minimum Gasteiger partial charge on any atom is -0.354 e. The fourth-order valence-electron chi connectivity index (χ4n) is 2.77. The Morgan fingerprint density at radius 3 is 2.62 bits per heavy atom. The smallest absolute Gasteiger partial charge is 0.219 e. The van der Waals surface area contributed by atoms with E-state index in [-0.39, 0.29) is 5.91 Å². The summed E-state index contributed by atoms with van der Waals surface area (Å²) < 4.78 is 0. The van der Waals surface area contributed by atoms with Gasteiger partial charge in [-0.1, -0.05) is 11.6 Å². The molecular weight excluding hydrogens is 288 g/mol. The van der Waals surface area contributed by atoms with Crippen molar-refractivity contribution in [3.63, 3.8) is 0 Å². The fraction of sp³-hybridized carbons (Fsp3) is 0.667. The lowest BCUT2D eigenvalue weighted by Crippen LogP contribution is -2.34. The molecule has 1 aromatic rings. The minimum atomic E-state index is 0.146. The van der Waals surface area contributed by atoms with Crippen molar-refractivity contribution in [2.75, 3.05) is 31.1 Å². The van der Waals surface area contributed by atoms with Crippen molar-refractivity contribution >= 4 is 23.3 Å². The number of halogens is 1. The van der Waals surface area contributed by atoms with Crippen LogP contribution in [-0.2, 0) is 4.79 Å². The second-order valence-corrected chi connectivity index (χ2v) is 6.30. The first kappa shape index (κ1) is 14.6. The number of carbonyl (C=O) groups excluding carboxylic acids is 1. The highest BCUT2D eigenvalue weighted by molar-refractivity contribution is 6.30. The van der Waals surface area contributed by atoms with Crippen molar-refractivity contribution in [3.8, 4) is 0 Å². The molecule has 0 bridgehead atoms. The summed E-state index contributed by atoms with van der Waals surface area (Å²) in [5.74, 6) is 2.46. The number of carbonyl (C=O) groups is 1. The monoisotopic (exact) mass is 308 g/mol. The van der Waals surface area contributed by atoms with Crippen molar-refractivity contribution in [3.05, 3.63) is 16.5 Å². The summed E-state index contributed by atoms with van der Waals surface area (Å²) in [4.78, 5) is 24.9. The molecule has 0 N–H and O–H groups in total. The van der Waals surface area contributed by atoms with E-state index in [1.54, 1.807) is 6.92 Å². The van der Waals surface area contributed by atoms with Crippen LogP contribution >= 0.6 is 11.6 Å². The molecule has 114 valence electrons. The third-order valence-corrected chi connectivity index (χ3v) is 4.63. The maximum absolute atomic E-state index is 11.5. The number of anilines is 1. The van der Waals surface area contributed by atoms with Gasteiger partial charge < -0.3 is 9.80 Å². The van der Waals surface area contributed by atoms with E-state index >= 15 is 0 Å². The molecule has 2 heterocycles. The molecule has 1 aliphatic heterocycles. The van der Waals surface area contributed by atoms with Crippen molar-refractivity contribution in [1.82, 2.24) is 14.9 Å². The van der Waals surface area contributed by atoms with Crippen LogP contribution in [-0.4, -0.2) is 47.0 Å². The first-order valence-corrected chi connectivity index (χ1v) is 7.98. The average molecular weight is 309 g/mol. The summed E-state index contributed by atoms with van der Waals surface area (Å²) in [5, 5.41) is 0.564. The van der Waals surface area contributed by atoms with Crippen LogP contribution < -0.4 is 4.90 Å². The minimum absolute atomic E-state index is 0.146. The van der Waals surface area contributed by atoms with E-state index < -0.39 is 0 Å². The van der Waals surface area contributed by atoms with Crippen LogP contribution in [0.15, 0.2) is 0 Å². The van der Waals surface area contributed by atoms with Crippen LogP contribution in [0.5, 0.6) is 0 Å². The molecule has 1 aromatic heterocycles. The standard InChI is InChI=1S/C15H21ClN4O/c1-10-13(16)17-14(12-4-5-12)18-15(10)20-7-3-6-19(8-9-20)11(2)21/h12H,3-9H2,1-2H3. The van der Waals surface area contributed by atoms with E-state index in [1.165, 1.54) is 0 Å². The molecule has 5 nitrogen and oxygen atoms in total. The average Bonchev–Trinajstić information content (AvgIpc) is 3.27. The molecule has 1 saturated heterocycles. The van der Waals surface area contributed by atoms with E-state index in [2.05, 4.69) is 9.88 Å². The highest BCUT2D eigenvalue weighted by Crippen LogP contribution is 2.40. The van der Waals surface area contributed by atoms with Crippen LogP contribution in [0.4, 0.5) is 5.82 Å². The van der Waals surface area contributed by atoms with Gasteiger partial charge in [0.15, 0.2) is 0 Å². The Bertz CT molecular complexity index is 559. The van der Waals surface area contributed by atoms with E-state index in [1.807, 2.05) is 11.8 Å². The molecule has 21 heavy (non-hydrogen) atoms. The molecule has 6 heteroatoms. The zero-order valence-electron chi connectivity index (χ0n) is 12.6. The van der Waals surface area contributed by atoms with Gasteiger partial charge in [-0.05, 0) is 26.2 Å². The lowest BCUT2D eigenvalue weighted by molar-refractivity contribution is -0.128. The molecule has 0 aromatic carbocycles. The zero-order valence-corrected chi connectivity index (χ0v) is 13.4. The highest BCUT2D eigenvalue weighted by atomic mass is 35.5. The van der Waals surface area contributed by atoms with Gasteiger partial charge in [0.25, 0.3) is 0 Å². The number of aromatic nitrogens is 2. The molecule has 2 fully saturated rings. The van der Waals surface area contributed by atoms with Gasteiger partial charge in [0.2, 0.25) is 5.91 Å². The van der Waals surface area contributed by atoms with Gasteiger partial charge in [-0.3, -0.25) is 4.79 Å². The van der Waals surface area contributed by atoms with Crippen molar-refractivity contribution in [1.29, 1.82) is 0 Å². The first-order chi connectivity index (χ1) is 10.1. The largest absolute Gasteiger partial charge is 0.354 e. The van der Waals surface area contributed by atoms with Gasteiger partial charge >= 0.3 is 0 Å². The molecule has 1 aliphatic carbocycles. The van der Waals surface area contributed by atoms with Crippen molar-refractivity contribution in [2.45, 2.75) is 39.0 Å². The predicted octanol–water partition coefficient (Wildman–Crippen LogP) is 2.37. The number of amides is 1. The Hall–Kier alpha value is -1.36. The van der Waals surface area contributed by atoms with Gasteiger partial charge in [-0.25, -0.2) is 9.97 Å². The fourth-order valence-corrected chi connectivity index (χ4v) is 2.94. The van der Waals surface area contributed by atoms with Crippen LogP contribution in [0.2, 0.25) is 5.15 Å². The van der Waals surface area contributed by atoms with Crippen LogP contribution in [0, 0.1) is 6.92 Å². The van der Waals surface area contributed by atoms with E-state index in [0.29, 0.717) is 11.1 Å². The number of nitrogens with zero attached hydrogens (tertiary/aromatic N) is 4. The van der Waals surface area contributed by atoms with Gasteiger partial charge in [-0.2, -0.15) is 0 Å². The molecule has 0 unspecified atom stereocenters. The Morgan fingerprint density at radius 1 is 1.19 bits per heavy atom. The first-order valence-electron chi connectivity index (χ1n) is 7.60. The van der Waals surface area contributed by atoms with Gasteiger partial charge in [0, 0.05) is 44.6 Å². The van der Waals surface area contributed by atoms with Crippen molar-refractivity contribution in [2.24, 2.45) is 0 Å². The van der Waals surface area contributed by atoms with Crippen LogP contribution in [0.1, 0.15) is 43.5 Å². The number of hydrogen-bond donors (Lipinski definition) is 0. The summed E-state index contributed by atoms with van der Waals surface area (Å²) in [6.07, 6.45) is 3.29. The van der Waals surface area contributed by atoms with Gasteiger partial charge in [0.05, 0.1) is 0 Å². The van der Waals surface area contributed by atoms with Crippen LogP contribution in [0.25, 0.3) is 0 Å². The molecule has 1 saturated carbocycles. The van der Waals surface area contributed by atoms with E-state index in [9.17, 15) is 4.79 Å². The highest BCUT2D eigenvalue weighted by Gasteiger charge is 2.29. The van der Waals surface area contributed by atoms with Gasteiger partial charge in [0.1, 0.15) is 16.8 Å². The normalized spacial score (nSPS) is 19.6. The molecular formula is C15H21ClN4O. The molecule has 0 radical (unpaired) electrons. The summed E-state index contributed by atoms with van der Waals surface area (Å²) in [5.41, 5.74) is 0.942. The maximum Gasteiger partial charge on any atom is 0.219 e. The number of rotatable bonds is 2. The van der Waals surface area contributed by atoms with Crippen molar-refractivity contribution < 1.29 is 4.79 Å². The Kier molecular flexibility index (Phi) is 4.02. The molecule has 2 aliphatic rings. The molecule has 0 atom stereocenters. The predicted molar refractivity (Wildman–Crippen MR) is 82.8 cm³/mol. The Labute approximate surface area is 130 Å². The second kappa shape index (κ2) is 5.79. The Morgan fingerprint density at radius 2 is 1.95 bits per heavy atom.